The number of nitrogens with zero attached hydrogens (tertiary/aromatic N) is 3. The van der Waals surface area contributed by atoms with E-state index >= 15 is 0 Å². The van der Waals surface area contributed by atoms with E-state index in [9.17, 15) is 18.9 Å². The molecule has 0 aliphatic heterocycles. The van der Waals surface area contributed by atoms with Gasteiger partial charge in [0.15, 0.2) is 0 Å². The van der Waals surface area contributed by atoms with Gasteiger partial charge in [-0.05, 0) is 49.3 Å². The summed E-state index contributed by atoms with van der Waals surface area (Å²) in [6.07, 6.45) is 4.91. The number of benzene rings is 1. The van der Waals surface area contributed by atoms with Gasteiger partial charge >= 0.3 is 5.69 Å². The first-order chi connectivity index (χ1) is 13.4. The molecule has 0 amide bonds. The first-order valence-electron chi connectivity index (χ1n) is 9.10. The molecule has 0 saturated heterocycles. The summed E-state index contributed by atoms with van der Waals surface area (Å²) in [6.45, 7) is 0.631. The largest absolute Gasteiger partial charge is 0.364 e. The van der Waals surface area contributed by atoms with Crippen LogP contribution >= 0.6 is 0 Å². The standard InChI is InChI=1S/C18H22F2N6O2/c19-13-5-12(6-14(20)7-13)9-23-18-24-10-16(26(27)28)17(25-18)22-8-11-1-3-15(21)4-2-11/h5-7,10-11,15H,1-4,8-9,21H2,(H2,22,23,24,25)/t11-,15-. The highest BCUT2D eigenvalue weighted by atomic mass is 19.1. The van der Waals surface area contributed by atoms with Crippen LogP contribution in [0.15, 0.2) is 24.4 Å². The van der Waals surface area contributed by atoms with Crippen LogP contribution in [0.5, 0.6) is 0 Å². The molecule has 1 saturated carbocycles. The van der Waals surface area contributed by atoms with E-state index < -0.39 is 16.6 Å². The predicted molar refractivity (Wildman–Crippen MR) is 101 cm³/mol. The molecule has 0 radical (unpaired) electrons. The molecule has 28 heavy (non-hydrogen) atoms. The summed E-state index contributed by atoms with van der Waals surface area (Å²) in [7, 11) is 0. The number of nitrogens with one attached hydrogen (secondary N) is 2. The van der Waals surface area contributed by atoms with Crippen molar-refractivity contribution in [2.24, 2.45) is 11.7 Å². The third-order valence-corrected chi connectivity index (χ3v) is 4.79. The summed E-state index contributed by atoms with van der Waals surface area (Å²) in [5.74, 6) is -0.751. The van der Waals surface area contributed by atoms with Gasteiger partial charge in [0.1, 0.15) is 17.8 Å². The zero-order chi connectivity index (χ0) is 20.1. The molecule has 4 N–H and O–H groups in total. The number of nitro groups is 1. The molecule has 1 aliphatic rings. The van der Waals surface area contributed by atoms with Crippen LogP contribution in [0.2, 0.25) is 0 Å². The second-order valence-electron chi connectivity index (χ2n) is 6.98. The molecule has 0 atom stereocenters. The van der Waals surface area contributed by atoms with Crippen LogP contribution in [-0.2, 0) is 6.54 Å². The Bertz CT molecular complexity index is 823. The number of hydrogen-bond acceptors (Lipinski definition) is 7. The summed E-state index contributed by atoms with van der Waals surface area (Å²) in [5, 5.41) is 17.1. The van der Waals surface area contributed by atoms with Crippen molar-refractivity contribution in [1.29, 1.82) is 0 Å². The molecule has 0 spiro atoms. The lowest BCUT2D eigenvalue weighted by atomic mass is 9.86. The van der Waals surface area contributed by atoms with Crippen molar-refractivity contribution in [3.05, 3.63) is 51.7 Å². The minimum atomic E-state index is -0.684. The Kier molecular flexibility index (Phi) is 6.30. The quantitative estimate of drug-likeness (QED) is 0.489. The molecular weight excluding hydrogens is 370 g/mol. The molecule has 0 unspecified atom stereocenters. The Morgan fingerprint density at radius 3 is 2.46 bits per heavy atom. The second-order valence-corrected chi connectivity index (χ2v) is 6.98. The molecular formula is C18H22F2N6O2. The van der Waals surface area contributed by atoms with Crippen LogP contribution < -0.4 is 16.4 Å². The fourth-order valence-corrected chi connectivity index (χ4v) is 3.25. The number of aromatic nitrogens is 2. The van der Waals surface area contributed by atoms with Gasteiger partial charge < -0.3 is 16.4 Å². The number of rotatable bonds is 7. The van der Waals surface area contributed by atoms with Crippen LogP contribution in [0.4, 0.5) is 26.2 Å². The maximum absolute atomic E-state index is 13.3. The Hall–Kier alpha value is -2.88. The minimum Gasteiger partial charge on any atom is -0.364 e. The molecule has 3 rings (SSSR count). The van der Waals surface area contributed by atoms with E-state index in [4.69, 9.17) is 5.73 Å². The van der Waals surface area contributed by atoms with E-state index in [1.165, 1.54) is 12.1 Å². The summed E-state index contributed by atoms with van der Waals surface area (Å²) < 4.78 is 26.5. The van der Waals surface area contributed by atoms with Crippen molar-refractivity contribution in [1.82, 2.24) is 9.97 Å². The monoisotopic (exact) mass is 392 g/mol. The summed E-state index contributed by atoms with van der Waals surface area (Å²) in [6, 6.07) is 3.39. The zero-order valence-electron chi connectivity index (χ0n) is 15.2. The average molecular weight is 392 g/mol. The summed E-state index contributed by atoms with van der Waals surface area (Å²) in [5.41, 5.74) is 6.04. The van der Waals surface area contributed by atoms with Crippen molar-refractivity contribution in [2.75, 3.05) is 17.2 Å². The Labute approximate surface area is 160 Å². The van der Waals surface area contributed by atoms with Gasteiger partial charge in [-0.25, -0.2) is 13.8 Å². The Morgan fingerprint density at radius 1 is 1.14 bits per heavy atom. The SMILES string of the molecule is N[C@H]1CC[C@H](CNc2nc(NCc3cc(F)cc(F)c3)ncc2[N+](=O)[O-])CC1. The molecule has 1 aliphatic carbocycles. The molecule has 1 aromatic carbocycles. The van der Waals surface area contributed by atoms with Gasteiger partial charge in [-0.1, -0.05) is 0 Å². The summed E-state index contributed by atoms with van der Waals surface area (Å²) >= 11 is 0. The number of nitrogens with two attached hydrogens (primary N) is 1. The van der Waals surface area contributed by atoms with Crippen LogP contribution in [0.25, 0.3) is 0 Å². The maximum Gasteiger partial charge on any atom is 0.329 e. The van der Waals surface area contributed by atoms with E-state index in [0.717, 1.165) is 37.9 Å². The second kappa shape index (κ2) is 8.87. The van der Waals surface area contributed by atoms with E-state index in [0.29, 0.717) is 18.0 Å². The Balaban J connectivity index is 1.67. The third-order valence-electron chi connectivity index (χ3n) is 4.79. The molecule has 150 valence electrons. The van der Waals surface area contributed by atoms with Crippen LogP contribution in [0.1, 0.15) is 31.2 Å². The summed E-state index contributed by atoms with van der Waals surface area (Å²) in [4.78, 5) is 18.8. The first-order valence-corrected chi connectivity index (χ1v) is 9.10. The van der Waals surface area contributed by atoms with Gasteiger partial charge in [-0.15, -0.1) is 0 Å². The van der Waals surface area contributed by atoms with Crippen molar-refractivity contribution in [3.63, 3.8) is 0 Å². The van der Waals surface area contributed by atoms with Crippen molar-refractivity contribution in [2.45, 2.75) is 38.3 Å². The van der Waals surface area contributed by atoms with E-state index in [-0.39, 0.29) is 30.0 Å². The van der Waals surface area contributed by atoms with Gasteiger partial charge in [0.25, 0.3) is 0 Å². The zero-order valence-corrected chi connectivity index (χ0v) is 15.2. The van der Waals surface area contributed by atoms with Crippen molar-refractivity contribution in [3.8, 4) is 0 Å². The molecule has 10 heteroatoms. The molecule has 1 fully saturated rings. The smallest absolute Gasteiger partial charge is 0.329 e. The molecule has 2 aromatic rings. The lowest BCUT2D eigenvalue weighted by Gasteiger charge is -2.26. The van der Waals surface area contributed by atoms with Crippen LogP contribution in [0.3, 0.4) is 0 Å². The fraction of sp³-hybridized carbons (Fsp3) is 0.444. The van der Waals surface area contributed by atoms with E-state index in [1.54, 1.807) is 0 Å². The molecule has 1 heterocycles. The van der Waals surface area contributed by atoms with Crippen LogP contribution in [0, 0.1) is 27.7 Å². The van der Waals surface area contributed by atoms with Gasteiger partial charge in [0, 0.05) is 25.2 Å². The maximum atomic E-state index is 13.3. The Morgan fingerprint density at radius 2 is 1.82 bits per heavy atom. The van der Waals surface area contributed by atoms with Crippen molar-refractivity contribution >= 4 is 17.5 Å². The van der Waals surface area contributed by atoms with E-state index in [2.05, 4.69) is 20.6 Å². The predicted octanol–water partition coefficient (Wildman–Crippen LogP) is 3.20. The normalized spacial score (nSPS) is 19.2. The molecule has 8 nitrogen and oxygen atoms in total. The number of anilines is 2. The highest BCUT2D eigenvalue weighted by molar-refractivity contribution is 5.57. The van der Waals surface area contributed by atoms with Gasteiger partial charge in [0.05, 0.1) is 4.92 Å². The average Bonchev–Trinajstić information content (AvgIpc) is 2.65. The van der Waals surface area contributed by atoms with Crippen molar-refractivity contribution < 1.29 is 13.7 Å². The fourth-order valence-electron chi connectivity index (χ4n) is 3.25. The topological polar surface area (TPSA) is 119 Å². The van der Waals surface area contributed by atoms with E-state index in [1.807, 2.05) is 0 Å². The first kappa shape index (κ1) is 19.9. The number of halogens is 2. The van der Waals surface area contributed by atoms with Crippen LogP contribution in [-0.4, -0.2) is 27.5 Å². The third kappa shape index (κ3) is 5.32. The molecule has 0 bridgehead atoms. The lowest BCUT2D eigenvalue weighted by molar-refractivity contribution is -0.384. The van der Waals surface area contributed by atoms with Gasteiger partial charge in [-0.2, -0.15) is 4.98 Å². The minimum absolute atomic E-state index is 0.0758. The number of hydrogen-bond donors (Lipinski definition) is 3. The van der Waals surface area contributed by atoms with Gasteiger partial charge in [0.2, 0.25) is 11.8 Å². The van der Waals surface area contributed by atoms with Gasteiger partial charge in [-0.3, -0.25) is 10.1 Å². The molecule has 1 aromatic heterocycles. The highest BCUT2D eigenvalue weighted by Crippen LogP contribution is 2.26. The highest BCUT2D eigenvalue weighted by Gasteiger charge is 2.21. The lowest BCUT2D eigenvalue weighted by Crippen LogP contribution is -2.29.